The van der Waals surface area contributed by atoms with Gasteiger partial charge < -0.3 is 14.8 Å². The summed E-state index contributed by atoms with van der Waals surface area (Å²) in [6.07, 6.45) is 0.999. The van der Waals surface area contributed by atoms with Gasteiger partial charge in [-0.3, -0.25) is 9.10 Å². The minimum atomic E-state index is -3.79. The van der Waals surface area contributed by atoms with E-state index >= 15 is 0 Å². The van der Waals surface area contributed by atoms with Gasteiger partial charge in [-0.15, -0.1) is 0 Å². The minimum absolute atomic E-state index is 0.0332. The Hall–Kier alpha value is -3.37. The summed E-state index contributed by atoms with van der Waals surface area (Å²) in [4.78, 5) is 12.6. The molecule has 0 heterocycles. The molecule has 0 radical (unpaired) electrons. The first-order valence-corrected chi connectivity index (χ1v) is 12.6. The summed E-state index contributed by atoms with van der Waals surface area (Å²) >= 11 is 6.09. The first-order chi connectivity index (χ1) is 16.6. The molecule has 186 valence electrons. The van der Waals surface area contributed by atoms with Crippen LogP contribution < -0.4 is 19.1 Å². The van der Waals surface area contributed by atoms with E-state index in [0.717, 1.165) is 28.8 Å². The highest BCUT2D eigenvalue weighted by atomic mass is 35.5. The average Bonchev–Trinajstić information content (AvgIpc) is 2.80. The third kappa shape index (κ3) is 7.06. The molecule has 0 saturated carbocycles. The molecular weight excluding hydrogens is 502 g/mol. The molecule has 35 heavy (non-hydrogen) atoms. The van der Waals surface area contributed by atoms with Gasteiger partial charge >= 0.3 is 0 Å². The molecule has 0 fully saturated rings. The number of sulfonamides is 1. The lowest BCUT2D eigenvalue weighted by molar-refractivity contribution is -0.116. The number of ether oxygens (including phenoxy) is 2. The van der Waals surface area contributed by atoms with Crippen LogP contribution in [-0.4, -0.2) is 34.2 Å². The Kier molecular flexibility index (Phi) is 8.52. The number of anilines is 2. The molecule has 0 aliphatic heterocycles. The van der Waals surface area contributed by atoms with E-state index in [2.05, 4.69) is 5.32 Å². The van der Waals surface area contributed by atoms with Crippen molar-refractivity contribution in [2.24, 2.45) is 0 Å². The highest BCUT2D eigenvalue weighted by Crippen LogP contribution is 2.36. The maximum atomic E-state index is 13.6. The van der Waals surface area contributed by atoms with Gasteiger partial charge in [0.05, 0.1) is 24.7 Å². The number of halogens is 3. The molecule has 3 aromatic rings. The number of benzene rings is 3. The van der Waals surface area contributed by atoms with Crippen molar-refractivity contribution in [3.63, 3.8) is 0 Å². The third-order valence-electron chi connectivity index (χ3n) is 4.86. The van der Waals surface area contributed by atoms with Gasteiger partial charge in [-0.05, 0) is 48.9 Å². The first kappa shape index (κ1) is 26.2. The molecule has 1 amide bonds. The predicted molar refractivity (Wildman–Crippen MR) is 131 cm³/mol. The van der Waals surface area contributed by atoms with Crippen LogP contribution in [0.15, 0.2) is 60.7 Å². The summed E-state index contributed by atoms with van der Waals surface area (Å²) in [7, 11) is -2.29. The molecule has 0 spiro atoms. The minimum Gasteiger partial charge on any atom is -0.493 e. The highest BCUT2D eigenvalue weighted by molar-refractivity contribution is 7.92. The number of nitrogens with zero attached hydrogens (tertiary/aromatic N) is 1. The Bertz CT molecular complexity index is 1320. The zero-order valence-electron chi connectivity index (χ0n) is 18.9. The number of hydrogen-bond acceptors (Lipinski definition) is 5. The van der Waals surface area contributed by atoms with Gasteiger partial charge in [-0.2, -0.15) is 0 Å². The van der Waals surface area contributed by atoms with Crippen LogP contribution in [0.4, 0.5) is 20.2 Å². The van der Waals surface area contributed by atoms with Crippen molar-refractivity contribution < 1.29 is 31.5 Å². The van der Waals surface area contributed by atoms with E-state index in [4.69, 9.17) is 21.1 Å². The zero-order valence-corrected chi connectivity index (χ0v) is 20.5. The van der Waals surface area contributed by atoms with Crippen LogP contribution in [0, 0.1) is 11.6 Å². The normalized spacial score (nSPS) is 11.1. The van der Waals surface area contributed by atoms with Crippen LogP contribution in [0.5, 0.6) is 17.2 Å². The van der Waals surface area contributed by atoms with Gasteiger partial charge in [0.2, 0.25) is 15.9 Å². The molecule has 11 heteroatoms. The van der Waals surface area contributed by atoms with Crippen molar-refractivity contribution in [2.45, 2.75) is 12.8 Å². The van der Waals surface area contributed by atoms with E-state index in [1.165, 1.54) is 13.2 Å². The second-order valence-electron chi connectivity index (χ2n) is 7.48. The quantitative estimate of drug-likeness (QED) is 0.373. The zero-order chi connectivity index (χ0) is 25.6. The first-order valence-electron chi connectivity index (χ1n) is 10.4. The molecule has 3 aromatic carbocycles. The number of rotatable bonds is 10. The number of para-hydroxylation sites is 2. The Labute approximate surface area is 207 Å². The van der Waals surface area contributed by atoms with Crippen LogP contribution in [0.2, 0.25) is 5.02 Å². The largest absolute Gasteiger partial charge is 0.493 e. The van der Waals surface area contributed by atoms with Crippen molar-refractivity contribution in [2.75, 3.05) is 29.5 Å². The van der Waals surface area contributed by atoms with Crippen molar-refractivity contribution in [1.82, 2.24) is 0 Å². The lowest BCUT2D eigenvalue weighted by Gasteiger charge is -2.22. The van der Waals surface area contributed by atoms with E-state index in [1.807, 2.05) is 0 Å². The molecule has 1 N–H and O–H groups in total. The Morgan fingerprint density at radius 1 is 1.00 bits per heavy atom. The summed E-state index contributed by atoms with van der Waals surface area (Å²) in [5, 5.41) is 3.08. The lowest BCUT2D eigenvalue weighted by atomic mass is 10.2. The van der Waals surface area contributed by atoms with Gasteiger partial charge in [0, 0.05) is 24.1 Å². The van der Waals surface area contributed by atoms with Crippen molar-refractivity contribution in [3.8, 4) is 17.2 Å². The number of carbonyl (C=O) groups is 1. The fourth-order valence-corrected chi connectivity index (χ4v) is 4.36. The Morgan fingerprint density at radius 3 is 2.37 bits per heavy atom. The smallest absolute Gasteiger partial charge is 0.232 e. The highest BCUT2D eigenvalue weighted by Gasteiger charge is 2.20. The third-order valence-corrected chi connectivity index (χ3v) is 6.29. The maximum absolute atomic E-state index is 13.6. The molecule has 0 bridgehead atoms. The van der Waals surface area contributed by atoms with E-state index in [0.29, 0.717) is 28.0 Å². The molecular formula is C24H23ClF2N2O5S. The van der Waals surface area contributed by atoms with Gasteiger partial charge in [0.25, 0.3) is 0 Å². The number of amides is 1. The monoisotopic (exact) mass is 524 g/mol. The van der Waals surface area contributed by atoms with Crippen LogP contribution in [-0.2, 0) is 14.8 Å². The second kappa shape index (κ2) is 11.4. The summed E-state index contributed by atoms with van der Waals surface area (Å²) in [5.74, 6) is -1.42. The van der Waals surface area contributed by atoms with E-state index in [1.54, 1.807) is 36.4 Å². The average molecular weight is 525 g/mol. The van der Waals surface area contributed by atoms with Crippen molar-refractivity contribution in [3.05, 3.63) is 77.3 Å². The van der Waals surface area contributed by atoms with Gasteiger partial charge in [-0.25, -0.2) is 17.2 Å². The van der Waals surface area contributed by atoms with Gasteiger partial charge in [0.15, 0.2) is 28.9 Å². The number of carbonyl (C=O) groups excluding carboxylic acids is 1. The van der Waals surface area contributed by atoms with Crippen LogP contribution in [0.1, 0.15) is 12.8 Å². The van der Waals surface area contributed by atoms with Gasteiger partial charge in [-0.1, -0.05) is 23.7 Å². The number of hydrogen-bond donors (Lipinski definition) is 1. The second-order valence-corrected chi connectivity index (χ2v) is 9.82. The van der Waals surface area contributed by atoms with Crippen molar-refractivity contribution >= 4 is 38.9 Å². The van der Waals surface area contributed by atoms with Gasteiger partial charge in [0.1, 0.15) is 0 Å². The topological polar surface area (TPSA) is 84.9 Å². The SMILES string of the molecule is COc1ccccc1Oc1ccc(Cl)cc1NC(=O)CCCN(c1ccc(F)c(F)c1)S(C)(=O)=O. The lowest BCUT2D eigenvalue weighted by Crippen LogP contribution is -2.31. The summed E-state index contributed by atoms with van der Waals surface area (Å²) < 4.78 is 63.3. The van der Waals surface area contributed by atoms with E-state index in [9.17, 15) is 22.0 Å². The molecule has 0 unspecified atom stereocenters. The van der Waals surface area contributed by atoms with E-state index in [-0.39, 0.29) is 25.1 Å². The fourth-order valence-electron chi connectivity index (χ4n) is 3.23. The molecule has 0 aromatic heterocycles. The van der Waals surface area contributed by atoms with Crippen molar-refractivity contribution in [1.29, 1.82) is 0 Å². The van der Waals surface area contributed by atoms with Crippen LogP contribution >= 0.6 is 11.6 Å². The molecule has 0 aliphatic rings. The molecule has 7 nitrogen and oxygen atoms in total. The fraction of sp³-hybridized carbons (Fsp3) is 0.208. The summed E-state index contributed by atoms with van der Waals surface area (Å²) in [5.41, 5.74) is 0.281. The summed E-state index contributed by atoms with van der Waals surface area (Å²) in [6.45, 7) is -0.114. The summed E-state index contributed by atoms with van der Waals surface area (Å²) in [6, 6.07) is 14.5. The molecule has 0 atom stereocenters. The molecule has 0 saturated heterocycles. The standard InChI is InChI=1S/C24H23ClF2N2O5S/c1-33-22-6-3-4-7-23(22)34-21-12-9-16(25)14-20(21)28-24(30)8-5-13-29(35(2,31)32)17-10-11-18(26)19(27)15-17/h3-4,6-7,9-12,14-15H,5,8,13H2,1-2H3,(H,28,30). The molecule has 0 aliphatic carbocycles. The number of methoxy groups -OCH3 is 1. The van der Waals surface area contributed by atoms with Crippen LogP contribution in [0.25, 0.3) is 0 Å². The maximum Gasteiger partial charge on any atom is 0.232 e. The number of nitrogens with one attached hydrogen (secondary N) is 1. The van der Waals surface area contributed by atoms with E-state index < -0.39 is 27.6 Å². The molecule has 3 rings (SSSR count). The van der Waals surface area contributed by atoms with Crippen LogP contribution in [0.3, 0.4) is 0 Å². The Balaban J connectivity index is 1.69. The predicted octanol–water partition coefficient (Wildman–Crippen LogP) is 5.60. The Morgan fingerprint density at radius 2 is 1.71 bits per heavy atom.